The first-order valence-electron chi connectivity index (χ1n) is 9.32. The number of nitrogens with zero attached hydrogens (tertiary/aromatic N) is 1. The summed E-state index contributed by atoms with van der Waals surface area (Å²) in [5.74, 6) is 0. The second-order valence-corrected chi connectivity index (χ2v) is 11.1. The minimum absolute atomic E-state index is 1.03. The van der Waals surface area contributed by atoms with Crippen molar-refractivity contribution < 1.29 is 0 Å². The fourth-order valence-electron chi connectivity index (χ4n) is 3.71. The minimum atomic E-state index is -2.03. The van der Waals surface area contributed by atoms with Crippen LogP contribution in [0.5, 0.6) is 0 Å². The number of hydrogen-bond donors (Lipinski definition) is 0. The van der Waals surface area contributed by atoms with Gasteiger partial charge in [-0.15, -0.1) is 0 Å². The van der Waals surface area contributed by atoms with Crippen LogP contribution < -0.4 is 15.6 Å². The number of hydrogen-bond acceptors (Lipinski definition) is 1. The van der Waals surface area contributed by atoms with Gasteiger partial charge in [-0.3, -0.25) is 4.98 Å². The predicted molar refractivity (Wildman–Crippen MR) is 118 cm³/mol. The maximum absolute atomic E-state index is 4.53. The lowest BCUT2D eigenvalue weighted by Gasteiger charge is -2.29. The number of rotatable bonds is 4. The van der Waals surface area contributed by atoms with E-state index in [9.17, 15) is 0 Å². The second kappa shape index (κ2) is 7.34. The molecule has 1 nitrogen and oxygen atoms in total. The summed E-state index contributed by atoms with van der Waals surface area (Å²) in [6, 6.07) is 35.1. The molecule has 3 aromatic carbocycles. The average molecular weight is 366 g/mol. The van der Waals surface area contributed by atoms with Gasteiger partial charge in [0.05, 0.1) is 5.69 Å². The lowest BCUT2D eigenvalue weighted by Crippen LogP contribution is -2.64. The van der Waals surface area contributed by atoms with Crippen LogP contribution in [-0.4, -0.2) is 13.1 Å². The smallest absolute Gasteiger partial charge is 0.145 e. The largest absolute Gasteiger partial charge is 0.256 e. The van der Waals surface area contributed by atoms with Gasteiger partial charge in [0, 0.05) is 11.8 Å². The highest BCUT2D eigenvalue weighted by Gasteiger charge is 2.33. The number of benzene rings is 3. The van der Waals surface area contributed by atoms with Crippen LogP contribution in [0.15, 0.2) is 103 Å². The van der Waals surface area contributed by atoms with E-state index in [1.165, 1.54) is 26.7 Å². The number of pyridine rings is 1. The number of aryl methyl sites for hydroxylation is 1. The summed E-state index contributed by atoms with van der Waals surface area (Å²) in [6.07, 6.45) is 1.88. The summed E-state index contributed by atoms with van der Waals surface area (Å²) in [5.41, 5.74) is 3.43. The molecule has 4 aromatic rings. The highest BCUT2D eigenvalue weighted by molar-refractivity contribution is 7.10. The monoisotopic (exact) mass is 365 g/mol. The summed E-state index contributed by atoms with van der Waals surface area (Å²) < 4.78 is 0. The Bertz CT molecular complexity index is 985. The molecule has 27 heavy (non-hydrogen) atoms. The Labute approximate surface area is 162 Å². The molecule has 0 unspecified atom stereocenters. The van der Waals surface area contributed by atoms with E-state index in [1.54, 1.807) is 0 Å². The summed E-state index contributed by atoms with van der Waals surface area (Å²) in [5, 5.41) is 4.27. The van der Waals surface area contributed by atoms with Crippen molar-refractivity contribution in [3.8, 4) is 11.3 Å². The zero-order valence-electron chi connectivity index (χ0n) is 15.8. The van der Waals surface area contributed by atoms with E-state index in [2.05, 4.69) is 109 Å². The SMILES string of the molecule is Cc1ccnc(-c2ccc([Si](C)(c3ccccc3)c3ccccc3)cc2)c1. The highest BCUT2D eigenvalue weighted by atomic mass is 28.3. The highest BCUT2D eigenvalue weighted by Crippen LogP contribution is 2.17. The van der Waals surface area contributed by atoms with E-state index in [-0.39, 0.29) is 0 Å². The van der Waals surface area contributed by atoms with Crippen molar-refractivity contribution in [2.75, 3.05) is 0 Å². The molecule has 0 aliphatic rings. The first kappa shape index (κ1) is 17.4. The van der Waals surface area contributed by atoms with Crippen molar-refractivity contribution in [2.24, 2.45) is 0 Å². The van der Waals surface area contributed by atoms with Gasteiger partial charge in [0.2, 0.25) is 0 Å². The van der Waals surface area contributed by atoms with E-state index >= 15 is 0 Å². The first-order chi connectivity index (χ1) is 13.2. The van der Waals surface area contributed by atoms with E-state index in [4.69, 9.17) is 0 Å². The fourth-order valence-corrected chi connectivity index (χ4v) is 7.26. The van der Waals surface area contributed by atoms with Gasteiger partial charge in [-0.05, 0) is 40.2 Å². The molecule has 0 spiro atoms. The summed E-state index contributed by atoms with van der Waals surface area (Å²) >= 11 is 0. The predicted octanol–water partition coefficient (Wildman–Crippen LogP) is 4.16. The molecule has 132 valence electrons. The van der Waals surface area contributed by atoms with Crippen LogP contribution in [0.3, 0.4) is 0 Å². The molecule has 1 heterocycles. The third kappa shape index (κ3) is 3.36. The molecule has 0 saturated heterocycles. The van der Waals surface area contributed by atoms with Crippen molar-refractivity contribution >= 4 is 23.6 Å². The molecule has 0 N–H and O–H groups in total. The van der Waals surface area contributed by atoms with Crippen LogP contribution in [0.25, 0.3) is 11.3 Å². The molecule has 0 atom stereocenters. The summed E-state index contributed by atoms with van der Waals surface area (Å²) in [7, 11) is -2.03. The van der Waals surface area contributed by atoms with Gasteiger partial charge in [-0.2, -0.15) is 0 Å². The van der Waals surface area contributed by atoms with Crippen LogP contribution in [-0.2, 0) is 0 Å². The Kier molecular flexibility index (Phi) is 4.74. The Morgan fingerprint density at radius 3 is 1.67 bits per heavy atom. The van der Waals surface area contributed by atoms with Gasteiger partial charge in [0.1, 0.15) is 8.07 Å². The first-order valence-corrected chi connectivity index (χ1v) is 11.8. The maximum Gasteiger partial charge on any atom is 0.145 e. The Balaban J connectivity index is 1.82. The molecule has 0 saturated carbocycles. The summed E-state index contributed by atoms with van der Waals surface area (Å²) in [6.45, 7) is 4.55. The topological polar surface area (TPSA) is 12.9 Å². The van der Waals surface area contributed by atoms with Gasteiger partial charge in [0.25, 0.3) is 0 Å². The third-order valence-electron chi connectivity index (χ3n) is 5.38. The standard InChI is InChI=1S/C25H23NSi/c1-20-17-18-26-25(19-20)21-13-15-24(16-14-21)27(2,22-9-5-3-6-10-22)23-11-7-4-8-12-23/h3-19H,1-2H3. The lowest BCUT2D eigenvalue weighted by atomic mass is 10.1. The van der Waals surface area contributed by atoms with Gasteiger partial charge >= 0.3 is 0 Å². The summed E-state index contributed by atoms with van der Waals surface area (Å²) in [4.78, 5) is 4.53. The van der Waals surface area contributed by atoms with Crippen LogP contribution >= 0.6 is 0 Å². The molecular weight excluding hydrogens is 342 g/mol. The molecule has 0 radical (unpaired) electrons. The van der Waals surface area contributed by atoms with Crippen molar-refractivity contribution in [3.05, 3.63) is 109 Å². The Morgan fingerprint density at radius 1 is 0.630 bits per heavy atom. The molecular formula is C25H23NSi. The van der Waals surface area contributed by atoms with Crippen molar-refractivity contribution in [3.63, 3.8) is 0 Å². The van der Waals surface area contributed by atoms with E-state index < -0.39 is 8.07 Å². The van der Waals surface area contributed by atoms with Gasteiger partial charge < -0.3 is 0 Å². The fraction of sp³-hybridized carbons (Fsp3) is 0.0800. The molecule has 0 aliphatic heterocycles. The molecule has 0 fully saturated rings. The lowest BCUT2D eigenvalue weighted by molar-refractivity contribution is 1.29. The van der Waals surface area contributed by atoms with Crippen molar-refractivity contribution in [2.45, 2.75) is 13.5 Å². The van der Waals surface area contributed by atoms with Gasteiger partial charge in [0.15, 0.2) is 0 Å². The third-order valence-corrected chi connectivity index (χ3v) is 9.84. The molecule has 1 aromatic heterocycles. The molecule has 4 rings (SSSR count). The van der Waals surface area contributed by atoms with Crippen LogP contribution in [0.4, 0.5) is 0 Å². The van der Waals surface area contributed by atoms with Crippen LogP contribution in [0.1, 0.15) is 5.56 Å². The van der Waals surface area contributed by atoms with Gasteiger partial charge in [-0.1, -0.05) is 91.5 Å². The van der Waals surface area contributed by atoms with Crippen molar-refractivity contribution in [1.82, 2.24) is 4.98 Å². The maximum atomic E-state index is 4.53. The normalized spacial score (nSPS) is 11.3. The molecule has 0 amide bonds. The molecule has 0 bridgehead atoms. The zero-order valence-corrected chi connectivity index (χ0v) is 16.8. The quantitative estimate of drug-likeness (QED) is 0.391. The average Bonchev–Trinajstić information content (AvgIpc) is 2.74. The zero-order chi connectivity index (χ0) is 18.7. The van der Waals surface area contributed by atoms with E-state index in [0.717, 1.165) is 5.69 Å². The van der Waals surface area contributed by atoms with E-state index in [1.807, 2.05) is 12.3 Å². The van der Waals surface area contributed by atoms with Gasteiger partial charge in [-0.25, -0.2) is 0 Å². The minimum Gasteiger partial charge on any atom is -0.256 e. The Hall–Kier alpha value is -2.97. The van der Waals surface area contributed by atoms with Crippen LogP contribution in [0, 0.1) is 6.92 Å². The second-order valence-electron chi connectivity index (χ2n) is 7.15. The van der Waals surface area contributed by atoms with Crippen LogP contribution in [0.2, 0.25) is 6.55 Å². The number of aromatic nitrogens is 1. The Morgan fingerprint density at radius 2 is 1.15 bits per heavy atom. The molecule has 0 aliphatic carbocycles. The van der Waals surface area contributed by atoms with Crippen molar-refractivity contribution in [1.29, 1.82) is 0 Å². The van der Waals surface area contributed by atoms with E-state index in [0.29, 0.717) is 0 Å². The molecule has 2 heteroatoms.